The van der Waals surface area contributed by atoms with E-state index in [-0.39, 0.29) is 23.6 Å². The van der Waals surface area contributed by atoms with Gasteiger partial charge in [-0.25, -0.2) is 8.78 Å². The van der Waals surface area contributed by atoms with Crippen molar-refractivity contribution in [1.29, 1.82) is 0 Å². The van der Waals surface area contributed by atoms with Gasteiger partial charge in [0.2, 0.25) is 0 Å². The Labute approximate surface area is 128 Å². The highest BCUT2D eigenvalue weighted by molar-refractivity contribution is 5.59. The van der Waals surface area contributed by atoms with Crippen LogP contribution in [0.5, 0.6) is 0 Å². The average molecular weight is 297 g/mol. The monoisotopic (exact) mass is 297 g/mol. The predicted octanol–water partition coefficient (Wildman–Crippen LogP) is 5.18. The van der Waals surface area contributed by atoms with E-state index >= 15 is 0 Å². The first-order valence-corrected chi connectivity index (χ1v) is 7.70. The zero-order chi connectivity index (χ0) is 15.1. The normalized spacial score (nSPS) is 26.0. The van der Waals surface area contributed by atoms with E-state index in [0.717, 1.165) is 29.7 Å². The molecule has 0 radical (unpaired) electrons. The summed E-state index contributed by atoms with van der Waals surface area (Å²) in [4.78, 5) is 0. The van der Waals surface area contributed by atoms with Crippen molar-refractivity contribution >= 4 is 5.69 Å². The third kappa shape index (κ3) is 2.21. The molecule has 0 spiro atoms. The highest BCUT2D eigenvalue weighted by atomic mass is 19.1. The Kier molecular flexibility index (Phi) is 3.21. The van der Waals surface area contributed by atoms with E-state index in [4.69, 9.17) is 0 Å². The molecule has 0 bridgehead atoms. The van der Waals surface area contributed by atoms with Crippen LogP contribution in [0.4, 0.5) is 14.5 Å². The fourth-order valence-electron chi connectivity index (χ4n) is 3.81. The summed E-state index contributed by atoms with van der Waals surface area (Å²) in [6.45, 7) is 0. The summed E-state index contributed by atoms with van der Waals surface area (Å²) < 4.78 is 27.2. The Morgan fingerprint density at radius 1 is 1.00 bits per heavy atom. The first-order chi connectivity index (χ1) is 10.7. The lowest BCUT2D eigenvalue weighted by atomic mass is 9.71. The summed E-state index contributed by atoms with van der Waals surface area (Å²) in [5.41, 5.74) is 2.91. The Morgan fingerprint density at radius 3 is 2.73 bits per heavy atom. The average Bonchev–Trinajstić information content (AvgIpc) is 2.54. The Morgan fingerprint density at radius 2 is 1.86 bits per heavy atom. The predicted molar refractivity (Wildman–Crippen MR) is 83.8 cm³/mol. The molecule has 0 amide bonds. The van der Waals surface area contributed by atoms with Gasteiger partial charge in [0, 0.05) is 11.6 Å². The van der Waals surface area contributed by atoms with E-state index in [2.05, 4.69) is 17.5 Å². The molecule has 1 aliphatic heterocycles. The molecule has 0 saturated carbocycles. The van der Waals surface area contributed by atoms with E-state index in [1.165, 1.54) is 12.1 Å². The third-order valence-electron chi connectivity index (χ3n) is 4.79. The molecular weight excluding hydrogens is 280 g/mol. The van der Waals surface area contributed by atoms with E-state index in [1.54, 1.807) is 24.3 Å². The molecule has 1 heterocycles. The van der Waals surface area contributed by atoms with Crippen LogP contribution in [0.25, 0.3) is 0 Å². The van der Waals surface area contributed by atoms with E-state index in [0.29, 0.717) is 5.92 Å². The molecular formula is C19H17F2N. The van der Waals surface area contributed by atoms with Crippen LogP contribution in [-0.2, 0) is 0 Å². The van der Waals surface area contributed by atoms with Crippen molar-refractivity contribution in [2.45, 2.75) is 24.8 Å². The number of hydrogen-bond acceptors (Lipinski definition) is 1. The van der Waals surface area contributed by atoms with Crippen LogP contribution in [-0.4, -0.2) is 0 Å². The molecule has 3 unspecified atom stereocenters. The van der Waals surface area contributed by atoms with Crippen LogP contribution >= 0.6 is 0 Å². The molecule has 0 fully saturated rings. The number of fused-ring (bicyclic) bond motifs is 3. The fraction of sp³-hybridized carbons (Fsp3) is 0.263. The molecule has 2 aromatic rings. The zero-order valence-electron chi connectivity index (χ0n) is 12.1. The van der Waals surface area contributed by atoms with Crippen LogP contribution in [0, 0.1) is 17.6 Å². The Balaban J connectivity index is 1.82. The van der Waals surface area contributed by atoms with Crippen molar-refractivity contribution in [2.24, 2.45) is 5.92 Å². The highest BCUT2D eigenvalue weighted by Crippen LogP contribution is 2.49. The van der Waals surface area contributed by atoms with Gasteiger partial charge < -0.3 is 5.32 Å². The standard InChI is InChI=1S/C19H17F2N/c20-13-5-3-4-12(10-13)19-16-7-2-1-6-15(16)17-11-14(21)8-9-18(17)22-19/h1,3-6,8-11,15-16,19,22H,2,7H2. The lowest BCUT2D eigenvalue weighted by molar-refractivity contribution is 0.361. The largest absolute Gasteiger partial charge is 0.378 e. The minimum Gasteiger partial charge on any atom is -0.378 e. The van der Waals surface area contributed by atoms with Gasteiger partial charge in [-0.1, -0.05) is 24.3 Å². The maximum Gasteiger partial charge on any atom is 0.123 e. The molecule has 112 valence electrons. The highest BCUT2D eigenvalue weighted by Gasteiger charge is 2.37. The van der Waals surface area contributed by atoms with Crippen molar-refractivity contribution < 1.29 is 8.78 Å². The molecule has 2 aromatic carbocycles. The summed E-state index contributed by atoms with van der Waals surface area (Å²) in [7, 11) is 0. The SMILES string of the molecule is Fc1cccc(C2Nc3ccc(F)cc3C3C=CCCC32)c1. The molecule has 1 aliphatic carbocycles. The van der Waals surface area contributed by atoms with Gasteiger partial charge in [-0.2, -0.15) is 0 Å². The number of nitrogens with one attached hydrogen (secondary N) is 1. The number of rotatable bonds is 1. The first kappa shape index (κ1) is 13.5. The maximum atomic E-state index is 13.6. The van der Waals surface area contributed by atoms with Crippen molar-refractivity contribution in [2.75, 3.05) is 5.32 Å². The van der Waals surface area contributed by atoms with Crippen molar-refractivity contribution in [3.05, 3.63) is 77.4 Å². The van der Waals surface area contributed by atoms with Gasteiger partial charge in [-0.05, 0) is 60.2 Å². The van der Waals surface area contributed by atoms with Crippen LogP contribution in [0.2, 0.25) is 0 Å². The summed E-state index contributed by atoms with van der Waals surface area (Å²) >= 11 is 0. The van der Waals surface area contributed by atoms with Gasteiger partial charge >= 0.3 is 0 Å². The molecule has 0 aromatic heterocycles. The van der Waals surface area contributed by atoms with Gasteiger partial charge in [0.25, 0.3) is 0 Å². The molecule has 22 heavy (non-hydrogen) atoms. The number of halogens is 2. The molecule has 2 aliphatic rings. The van der Waals surface area contributed by atoms with E-state index in [1.807, 2.05) is 6.07 Å². The Bertz CT molecular complexity index is 738. The molecule has 1 N–H and O–H groups in total. The van der Waals surface area contributed by atoms with Crippen LogP contribution < -0.4 is 5.32 Å². The van der Waals surface area contributed by atoms with Gasteiger partial charge in [0.15, 0.2) is 0 Å². The second-order valence-electron chi connectivity index (χ2n) is 6.10. The summed E-state index contributed by atoms with van der Waals surface area (Å²) in [5.74, 6) is 0.0876. The van der Waals surface area contributed by atoms with Gasteiger partial charge in [-0.3, -0.25) is 0 Å². The second-order valence-corrected chi connectivity index (χ2v) is 6.10. The number of hydrogen-bond donors (Lipinski definition) is 1. The van der Waals surface area contributed by atoms with Gasteiger partial charge in [0.1, 0.15) is 11.6 Å². The number of allylic oxidation sites excluding steroid dienone is 2. The number of anilines is 1. The lowest BCUT2D eigenvalue weighted by Crippen LogP contribution is -2.32. The molecule has 1 nitrogen and oxygen atoms in total. The molecule has 4 rings (SSSR count). The zero-order valence-corrected chi connectivity index (χ0v) is 12.1. The van der Waals surface area contributed by atoms with Crippen molar-refractivity contribution in [3.8, 4) is 0 Å². The summed E-state index contributed by atoms with van der Waals surface area (Å²) in [6, 6.07) is 11.7. The Hall–Kier alpha value is -2.16. The van der Waals surface area contributed by atoms with Crippen LogP contribution in [0.1, 0.15) is 35.9 Å². The fourth-order valence-corrected chi connectivity index (χ4v) is 3.81. The van der Waals surface area contributed by atoms with Crippen LogP contribution in [0.3, 0.4) is 0 Å². The minimum atomic E-state index is -0.216. The smallest absolute Gasteiger partial charge is 0.123 e. The molecule has 3 heteroatoms. The summed E-state index contributed by atoms with van der Waals surface area (Å²) in [6.07, 6.45) is 6.38. The lowest BCUT2D eigenvalue weighted by Gasteiger charge is -2.41. The first-order valence-electron chi connectivity index (χ1n) is 7.70. The summed E-state index contributed by atoms with van der Waals surface area (Å²) in [5, 5.41) is 3.50. The van der Waals surface area contributed by atoms with Crippen LogP contribution in [0.15, 0.2) is 54.6 Å². The second kappa shape index (κ2) is 5.24. The molecule has 3 atom stereocenters. The van der Waals surface area contributed by atoms with Crippen molar-refractivity contribution in [3.63, 3.8) is 0 Å². The van der Waals surface area contributed by atoms with Gasteiger partial charge in [-0.15, -0.1) is 0 Å². The van der Waals surface area contributed by atoms with E-state index in [9.17, 15) is 8.78 Å². The maximum absolute atomic E-state index is 13.6. The quantitative estimate of drug-likeness (QED) is 0.715. The third-order valence-corrected chi connectivity index (χ3v) is 4.79. The topological polar surface area (TPSA) is 12.0 Å². The van der Waals surface area contributed by atoms with E-state index < -0.39 is 0 Å². The molecule has 0 saturated heterocycles. The van der Waals surface area contributed by atoms with Gasteiger partial charge in [0.05, 0.1) is 6.04 Å². The van der Waals surface area contributed by atoms with Crippen molar-refractivity contribution in [1.82, 2.24) is 0 Å². The number of benzene rings is 2. The minimum absolute atomic E-state index is 0.0589.